The maximum Gasteiger partial charge on any atom is 0.231 e. The molecule has 1 aromatic carbocycles. The predicted molar refractivity (Wildman–Crippen MR) is 59.5 cm³/mol. The largest absolute Gasteiger partial charge is 0.454 e. The highest BCUT2D eigenvalue weighted by atomic mass is 16.7. The van der Waals surface area contributed by atoms with E-state index in [9.17, 15) is 0 Å². The van der Waals surface area contributed by atoms with Crippen molar-refractivity contribution in [3.63, 3.8) is 0 Å². The molecule has 0 unspecified atom stereocenters. The van der Waals surface area contributed by atoms with Crippen LogP contribution in [-0.4, -0.2) is 16.3 Å². The predicted octanol–water partition coefficient (Wildman–Crippen LogP) is 1.69. The Morgan fingerprint density at radius 3 is 2.94 bits per heavy atom. The molecule has 2 heterocycles. The molecule has 84 valence electrons. The van der Waals surface area contributed by atoms with Gasteiger partial charge in [-0.25, -0.2) is 4.98 Å². The molecule has 3 rings (SSSR count). The number of benzene rings is 1. The molecule has 0 atom stereocenters. The van der Waals surface area contributed by atoms with Crippen molar-refractivity contribution in [3.8, 4) is 29.0 Å². The van der Waals surface area contributed by atoms with Crippen LogP contribution in [0.25, 0.3) is 11.4 Å². The van der Waals surface area contributed by atoms with Crippen molar-refractivity contribution < 1.29 is 9.47 Å². The first kappa shape index (κ1) is 9.73. The molecule has 0 bridgehead atoms. The number of fused-ring (bicyclic) bond motifs is 1. The summed E-state index contributed by atoms with van der Waals surface area (Å²) in [5, 5.41) is 8.88. The molecule has 0 N–H and O–H groups in total. The Morgan fingerprint density at radius 1 is 1.35 bits per heavy atom. The summed E-state index contributed by atoms with van der Waals surface area (Å²) in [5.74, 6) is 2.19. The van der Waals surface area contributed by atoms with Crippen LogP contribution in [0.3, 0.4) is 0 Å². The van der Waals surface area contributed by atoms with Crippen LogP contribution in [0.4, 0.5) is 0 Å². The highest BCUT2D eigenvalue weighted by Crippen LogP contribution is 2.35. The third-order valence-electron chi connectivity index (χ3n) is 2.73. The molecule has 1 aliphatic heterocycles. The first-order valence-electron chi connectivity index (χ1n) is 5.11. The first-order chi connectivity index (χ1) is 8.29. The van der Waals surface area contributed by atoms with Gasteiger partial charge in [0.25, 0.3) is 0 Å². The maximum absolute atomic E-state index is 8.88. The third kappa shape index (κ3) is 1.42. The second-order valence-corrected chi connectivity index (χ2v) is 3.71. The van der Waals surface area contributed by atoms with Gasteiger partial charge in [0.1, 0.15) is 17.6 Å². The number of nitriles is 1. The Kier molecular flexibility index (Phi) is 2.02. The molecule has 0 fully saturated rings. The highest BCUT2D eigenvalue weighted by Gasteiger charge is 2.16. The van der Waals surface area contributed by atoms with E-state index in [1.807, 2.05) is 25.2 Å². The standard InChI is InChI=1S/C12H9N3O2/c1-15-9(5-13)6-14-12(15)8-2-3-10-11(4-8)17-7-16-10/h2-4,6H,7H2,1H3. The normalized spacial score (nSPS) is 12.5. The van der Waals surface area contributed by atoms with Gasteiger partial charge in [0, 0.05) is 12.6 Å². The van der Waals surface area contributed by atoms with Gasteiger partial charge in [0.15, 0.2) is 11.5 Å². The average molecular weight is 227 g/mol. The zero-order valence-electron chi connectivity index (χ0n) is 9.17. The minimum atomic E-state index is 0.253. The van der Waals surface area contributed by atoms with Gasteiger partial charge in [-0.15, -0.1) is 0 Å². The van der Waals surface area contributed by atoms with Gasteiger partial charge in [-0.1, -0.05) is 0 Å². The summed E-state index contributed by atoms with van der Waals surface area (Å²) in [7, 11) is 1.81. The van der Waals surface area contributed by atoms with Gasteiger partial charge in [-0.3, -0.25) is 0 Å². The Hall–Kier alpha value is -2.48. The zero-order valence-corrected chi connectivity index (χ0v) is 9.17. The summed E-state index contributed by atoms with van der Waals surface area (Å²) in [5.41, 5.74) is 1.43. The molecule has 5 heteroatoms. The fourth-order valence-electron chi connectivity index (χ4n) is 1.82. The van der Waals surface area contributed by atoms with E-state index in [4.69, 9.17) is 14.7 Å². The molecule has 0 radical (unpaired) electrons. The van der Waals surface area contributed by atoms with Crippen LogP contribution in [0.2, 0.25) is 0 Å². The quantitative estimate of drug-likeness (QED) is 0.743. The van der Waals surface area contributed by atoms with Gasteiger partial charge in [-0.05, 0) is 18.2 Å². The Balaban J connectivity index is 2.10. The van der Waals surface area contributed by atoms with Crippen LogP contribution in [0.5, 0.6) is 11.5 Å². The van der Waals surface area contributed by atoms with E-state index in [-0.39, 0.29) is 6.79 Å². The van der Waals surface area contributed by atoms with Gasteiger partial charge >= 0.3 is 0 Å². The number of nitrogens with zero attached hydrogens (tertiary/aromatic N) is 3. The van der Waals surface area contributed by atoms with Crippen molar-refractivity contribution in [2.24, 2.45) is 7.05 Å². The van der Waals surface area contributed by atoms with E-state index in [0.29, 0.717) is 11.4 Å². The van der Waals surface area contributed by atoms with Crippen molar-refractivity contribution >= 4 is 0 Å². The zero-order chi connectivity index (χ0) is 11.8. The molecule has 0 amide bonds. The SMILES string of the molecule is Cn1c(C#N)cnc1-c1ccc2c(c1)OCO2. The van der Waals surface area contributed by atoms with Gasteiger partial charge in [-0.2, -0.15) is 5.26 Å². The summed E-state index contributed by atoms with van der Waals surface area (Å²) in [6.07, 6.45) is 1.56. The van der Waals surface area contributed by atoms with Crippen LogP contribution in [0.15, 0.2) is 24.4 Å². The number of hydrogen-bond acceptors (Lipinski definition) is 4. The van der Waals surface area contributed by atoms with Crippen LogP contribution in [0, 0.1) is 11.3 Å². The number of imidazole rings is 1. The molecule has 0 aliphatic carbocycles. The van der Waals surface area contributed by atoms with Crippen molar-refractivity contribution in [1.82, 2.24) is 9.55 Å². The minimum Gasteiger partial charge on any atom is -0.454 e. The van der Waals surface area contributed by atoms with Crippen molar-refractivity contribution in [2.75, 3.05) is 6.79 Å². The van der Waals surface area contributed by atoms with E-state index < -0.39 is 0 Å². The molecular formula is C12H9N3O2. The Labute approximate surface area is 97.8 Å². The lowest BCUT2D eigenvalue weighted by Gasteiger charge is -2.03. The number of ether oxygens (including phenoxy) is 2. The Bertz CT molecular complexity index is 625. The molecule has 2 aromatic rings. The lowest BCUT2D eigenvalue weighted by atomic mass is 10.2. The van der Waals surface area contributed by atoms with Crippen LogP contribution in [0.1, 0.15) is 5.69 Å². The fourth-order valence-corrected chi connectivity index (χ4v) is 1.82. The maximum atomic E-state index is 8.88. The minimum absolute atomic E-state index is 0.253. The van der Waals surface area contributed by atoms with Crippen molar-refractivity contribution in [3.05, 3.63) is 30.1 Å². The molecule has 17 heavy (non-hydrogen) atoms. The van der Waals surface area contributed by atoms with E-state index >= 15 is 0 Å². The van der Waals surface area contributed by atoms with E-state index in [2.05, 4.69) is 11.1 Å². The average Bonchev–Trinajstić information content (AvgIpc) is 2.94. The van der Waals surface area contributed by atoms with E-state index in [1.54, 1.807) is 10.8 Å². The molecule has 0 saturated heterocycles. The third-order valence-corrected chi connectivity index (χ3v) is 2.73. The number of aromatic nitrogens is 2. The molecule has 1 aliphatic rings. The summed E-state index contributed by atoms with van der Waals surface area (Å²) >= 11 is 0. The summed E-state index contributed by atoms with van der Waals surface area (Å²) in [4.78, 5) is 4.23. The number of hydrogen-bond donors (Lipinski definition) is 0. The lowest BCUT2D eigenvalue weighted by molar-refractivity contribution is 0.174. The second kappa shape index (κ2) is 3.52. The van der Waals surface area contributed by atoms with Gasteiger partial charge < -0.3 is 14.0 Å². The second-order valence-electron chi connectivity index (χ2n) is 3.71. The highest BCUT2D eigenvalue weighted by molar-refractivity contribution is 5.62. The molecular weight excluding hydrogens is 218 g/mol. The van der Waals surface area contributed by atoms with Crippen molar-refractivity contribution in [1.29, 1.82) is 5.26 Å². The topological polar surface area (TPSA) is 60.1 Å². The first-order valence-corrected chi connectivity index (χ1v) is 5.11. The van der Waals surface area contributed by atoms with Crippen LogP contribution >= 0.6 is 0 Å². The van der Waals surface area contributed by atoms with Gasteiger partial charge in [0.05, 0.1) is 6.20 Å². The molecule has 0 spiro atoms. The summed E-state index contributed by atoms with van der Waals surface area (Å²) in [6.45, 7) is 0.253. The van der Waals surface area contributed by atoms with Crippen LogP contribution < -0.4 is 9.47 Å². The smallest absolute Gasteiger partial charge is 0.231 e. The Morgan fingerprint density at radius 2 is 2.18 bits per heavy atom. The molecule has 1 aromatic heterocycles. The van der Waals surface area contributed by atoms with Crippen molar-refractivity contribution in [2.45, 2.75) is 0 Å². The number of rotatable bonds is 1. The monoisotopic (exact) mass is 227 g/mol. The lowest BCUT2D eigenvalue weighted by Crippen LogP contribution is -1.95. The van der Waals surface area contributed by atoms with Crippen LogP contribution in [-0.2, 0) is 7.05 Å². The van der Waals surface area contributed by atoms with E-state index in [1.165, 1.54) is 0 Å². The molecule has 0 saturated carbocycles. The summed E-state index contributed by atoms with van der Waals surface area (Å²) in [6, 6.07) is 7.69. The van der Waals surface area contributed by atoms with Gasteiger partial charge in [0.2, 0.25) is 6.79 Å². The fraction of sp³-hybridized carbons (Fsp3) is 0.167. The van der Waals surface area contributed by atoms with E-state index in [0.717, 1.165) is 17.1 Å². The summed E-state index contributed by atoms with van der Waals surface area (Å²) < 4.78 is 12.3. The molecule has 5 nitrogen and oxygen atoms in total.